The summed E-state index contributed by atoms with van der Waals surface area (Å²) in [5.74, 6) is -0.0195. The van der Waals surface area contributed by atoms with E-state index >= 15 is 0 Å². The van der Waals surface area contributed by atoms with Crippen molar-refractivity contribution in [2.45, 2.75) is 57.5 Å². The van der Waals surface area contributed by atoms with Crippen LogP contribution in [0.4, 0.5) is 0 Å². The highest BCUT2D eigenvalue weighted by Gasteiger charge is 2.41. The predicted molar refractivity (Wildman–Crippen MR) is 91.8 cm³/mol. The average Bonchev–Trinajstić information content (AvgIpc) is 2.80. The summed E-state index contributed by atoms with van der Waals surface area (Å²) >= 11 is 0. The van der Waals surface area contributed by atoms with Gasteiger partial charge in [-0.3, -0.25) is 0 Å². The zero-order chi connectivity index (χ0) is 17.4. The van der Waals surface area contributed by atoms with Crippen molar-refractivity contribution in [3.05, 3.63) is 29.3 Å². The van der Waals surface area contributed by atoms with Crippen LogP contribution in [0.2, 0.25) is 0 Å². The number of rotatable bonds is 5. The highest BCUT2D eigenvalue weighted by Crippen LogP contribution is 2.30. The van der Waals surface area contributed by atoms with Gasteiger partial charge >= 0.3 is 0 Å². The van der Waals surface area contributed by atoms with Gasteiger partial charge in [-0.2, -0.15) is 4.31 Å². The Labute approximate surface area is 139 Å². The molecule has 2 atom stereocenters. The molecule has 0 aliphatic carbocycles. The third-order valence-corrected chi connectivity index (χ3v) is 8.45. The van der Waals surface area contributed by atoms with Gasteiger partial charge in [0.15, 0.2) is 9.84 Å². The lowest BCUT2D eigenvalue weighted by Gasteiger charge is -2.33. The molecule has 0 radical (unpaired) electrons. The number of hydrogen-bond donors (Lipinski definition) is 0. The summed E-state index contributed by atoms with van der Waals surface area (Å²) in [4.78, 5) is 0.280. The maximum atomic E-state index is 13.2. The van der Waals surface area contributed by atoms with E-state index in [1.54, 1.807) is 19.1 Å². The van der Waals surface area contributed by atoms with Crippen LogP contribution in [0.25, 0.3) is 0 Å². The van der Waals surface area contributed by atoms with Crippen molar-refractivity contribution in [3.8, 4) is 0 Å². The fraction of sp³-hybridized carbons (Fsp3) is 0.625. The summed E-state index contributed by atoms with van der Waals surface area (Å²) in [6.45, 7) is 7.38. The maximum absolute atomic E-state index is 13.2. The fourth-order valence-electron chi connectivity index (χ4n) is 3.05. The highest BCUT2D eigenvalue weighted by atomic mass is 32.2. The van der Waals surface area contributed by atoms with E-state index in [0.29, 0.717) is 18.4 Å². The molecule has 1 saturated heterocycles. The molecule has 1 heterocycles. The Hall–Kier alpha value is -0.920. The normalized spacial score (nSPS) is 22.4. The zero-order valence-corrected chi connectivity index (χ0v) is 15.7. The van der Waals surface area contributed by atoms with Crippen LogP contribution < -0.4 is 0 Å². The lowest BCUT2D eigenvalue weighted by Crippen LogP contribution is -2.46. The van der Waals surface area contributed by atoms with Gasteiger partial charge in [0, 0.05) is 12.1 Å². The molecule has 0 bridgehead atoms. The van der Waals surface area contributed by atoms with Crippen molar-refractivity contribution in [1.82, 2.24) is 4.31 Å². The summed E-state index contributed by atoms with van der Waals surface area (Å²) in [5, 5.41) is 0. The Balaban J connectivity index is 2.52. The number of aryl methyl sites for hydroxylation is 2. The molecule has 0 unspecified atom stereocenters. The standard InChI is InChI=1S/C16H25NO4S2/c1-5-14(4)17(15-8-9-22(18,19)11-15)23(20,21)16-10-12(2)6-7-13(16)3/h6-7,10,14-15H,5,8-9,11H2,1-4H3/t14-,15-/m1/s1. The molecular formula is C16H25NO4S2. The third-order valence-electron chi connectivity index (χ3n) is 4.49. The van der Waals surface area contributed by atoms with Gasteiger partial charge in [-0.05, 0) is 50.8 Å². The van der Waals surface area contributed by atoms with Gasteiger partial charge in [0.2, 0.25) is 10.0 Å². The molecule has 130 valence electrons. The van der Waals surface area contributed by atoms with Crippen molar-refractivity contribution < 1.29 is 16.8 Å². The minimum Gasteiger partial charge on any atom is -0.229 e. The Morgan fingerprint density at radius 1 is 1.30 bits per heavy atom. The van der Waals surface area contributed by atoms with Gasteiger partial charge in [-0.1, -0.05) is 19.1 Å². The van der Waals surface area contributed by atoms with Crippen molar-refractivity contribution in [2.24, 2.45) is 0 Å². The summed E-state index contributed by atoms with van der Waals surface area (Å²) in [7, 11) is -6.88. The Bertz CT molecular complexity index is 784. The summed E-state index contributed by atoms with van der Waals surface area (Å²) in [6.07, 6.45) is 1.01. The Morgan fingerprint density at radius 2 is 1.96 bits per heavy atom. The van der Waals surface area contributed by atoms with E-state index in [-0.39, 0.29) is 22.4 Å². The van der Waals surface area contributed by atoms with Crippen LogP contribution in [0.5, 0.6) is 0 Å². The van der Waals surface area contributed by atoms with Gasteiger partial charge in [-0.15, -0.1) is 0 Å². The van der Waals surface area contributed by atoms with E-state index in [2.05, 4.69) is 0 Å². The van der Waals surface area contributed by atoms with E-state index < -0.39 is 25.9 Å². The first-order valence-corrected chi connectivity index (χ1v) is 11.2. The van der Waals surface area contributed by atoms with Crippen LogP contribution in [0.1, 0.15) is 37.8 Å². The first-order chi connectivity index (χ1) is 10.6. The molecule has 7 heteroatoms. The molecular weight excluding hydrogens is 334 g/mol. The van der Waals surface area contributed by atoms with Gasteiger partial charge in [0.1, 0.15) is 0 Å². The molecule has 0 amide bonds. The number of sulfonamides is 1. The van der Waals surface area contributed by atoms with E-state index in [9.17, 15) is 16.8 Å². The molecule has 23 heavy (non-hydrogen) atoms. The molecule has 2 rings (SSSR count). The average molecular weight is 360 g/mol. The quantitative estimate of drug-likeness (QED) is 0.808. The van der Waals surface area contributed by atoms with Crippen LogP contribution in [0.15, 0.2) is 23.1 Å². The molecule has 0 aromatic heterocycles. The second-order valence-corrected chi connectivity index (χ2v) is 10.5. The Morgan fingerprint density at radius 3 is 2.48 bits per heavy atom. The molecule has 1 aliphatic heterocycles. The van der Waals surface area contributed by atoms with Crippen LogP contribution in [-0.4, -0.2) is 44.7 Å². The van der Waals surface area contributed by atoms with Crippen molar-refractivity contribution in [1.29, 1.82) is 0 Å². The van der Waals surface area contributed by atoms with Crippen molar-refractivity contribution >= 4 is 19.9 Å². The van der Waals surface area contributed by atoms with Crippen molar-refractivity contribution in [3.63, 3.8) is 0 Å². The molecule has 0 N–H and O–H groups in total. The van der Waals surface area contributed by atoms with E-state index in [1.165, 1.54) is 4.31 Å². The second-order valence-electron chi connectivity index (χ2n) is 6.42. The fourth-order valence-corrected chi connectivity index (χ4v) is 7.09. The third kappa shape index (κ3) is 3.78. The predicted octanol–water partition coefficient (Wildman–Crippen LogP) is 2.28. The first kappa shape index (κ1) is 18.4. The van der Waals surface area contributed by atoms with Gasteiger partial charge in [0.05, 0.1) is 16.4 Å². The monoisotopic (exact) mass is 359 g/mol. The van der Waals surface area contributed by atoms with E-state index in [0.717, 1.165) is 5.56 Å². The number of sulfone groups is 1. The number of hydrogen-bond acceptors (Lipinski definition) is 4. The molecule has 1 fully saturated rings. The minimum absolute atomic E-state index is 0.0624. The van der Waals surface area contributed by atoms with Gasteiger partial charge < -0.3 is 0 Å². The maximum Gasteiger partial charge on any atom is 0.243 e. The van der Waals surface area contributed by atoms with Crippen LogP contribution >= 0.6 is 0 Å². The Kier molecular flexibility index (Phi) is 5.23. The largest absolute Gasteiger partial charge is 0.243 e. The van der Waals surface area contributed by atoms with Crippen LogP contribution in [-0.2, 0) is 19.9 Å². The number of benzene rings is 1. The molecule has 1 aliphatic rings. The van der Waals surface area contributed by atoms with Gasteiger partial charge in [-0.25, -0.2) is 16.8 Å². The molecule has 1 aromatic rings. The molecule has 5 nitrogen and oxygen atoms in total. The summed E-state index contributed by atoms with van der Waals surface area (Å²) in [6, 6.07) is 4.63. The topological polar surface area (TPSA) is 71.5 Å². The minimum atomic E-state index is -3.73. The van der Waals surface area contributed by atoms with Crippen LogP contribution in [0, 0.1) is 13.8 Å². The van der Waals surface area contributed by atoms with Crippen LogP contribution in [0.3, 0.4) is 0 Å². The molecule has 0 saturated carbocycles. The molecule has 1 aromatic carbocycles. The smallest absolute Gasteiger partial charge is 0.229 e. The lowest BCUT2D eigenvalue weighted by molar-refractivity contribution is 0.271. The first-order valence-electron chi connectivity index (χ1n) is 7.89. The van der Waals surface area contributed by atoms with Gasteiger partial charge in [0.25, 0.3) is 0 Å². The lowest BCUT2D eigenvalue weighted by atomic mass is 10.2. The summed E-state index contributed by atoms with van der Waals surface area (Å²) < 4.78 is 51.5. The second kappa shape index (κ2) is 6.53. The summed E-state index contributed by atoms with van der Waals surface area (Å²) in [5.41, 5.74) is 1.56. The molecule has 0 spiro atoms. The van der Waals surface area contributed by atoms with E-state index in [4.69, 9.17) is 0 Å². The SMILES string of the molecule is CC[C@@H](C)N([C@@H]1CCS(=O)(=O)C1)S(=O)(=O)c1cc(C)ccc1C. The van der Waals surface area contributed by atoms with Crippen molar-refractivity contribution in [2.75, 3.05) is 11.5 Å². The number of nitrogens with zero attached hydrogens (tertiary/aromatic N) is 1. The highest BCUT2D eigenvalue weighted by molar-refractivity contribution is 7.92. The zero-order valence-electron chi connectivity index (χ0n) is 14.1. The van der Waals surface area contributed by atoms with E-state index in [1.807, 2.05) is 26.8 Å².